The molecule has 0 aliphatic carbocycles. The van der Waals surface area contributed by atoms with Gasteiger partial charge in [-0.25, -0.2) is 0 Å². The Labute approximate surface area is 263 Å². The van der Waals surface area contributed by atoms with E-state index in [0.717, 1.165) is 37.2 Å². The van der Waals surface area contributed by atoms with Gasteiger partial charge >= 0.3 is 11.9 Å². The summed E-state index contributed by atoms with van der Waals surface area (Å²) in [6, 6.07) is 16.3. The average molecular weight is 613 g/mol. The van der Waals surface area contributed by atoms with Crippen molar-refractivity contribution in [3.8, 4) is 11.5 Å². The summed E-state index contributed by atoms with van der Waals surface area (Å²) in [5.74, 6) is 1.15. The Bertz CT molecular complexity index is 1110. The fourth-order valence-electron chi connectivity index (χ4n) is 5.38. The van der Waals surface area contributed by atoms with Crippen molar-refractivity contribution in [3.05, 3.63) is 59.7 Å². The molecule has 0 N–H and O–H groups in total. The van der Waals surface area contributed by atoms with Crippen molar-refractivity contribution in [2.75, 3.05) is 46.8 Å². The molecule has 8 nitrogen and oxygen atoms in total. The topological polar surface area (TPSA) is 89.5 Å². The number of carbonyl (C=O) groups excluding carboxylic acids is 2. The van der Waals surface area contributed by atoms with Crippen LogP contribution in [0.5, 0.6) is 11.5 Å². The van der Waals surface area contributed by atoms with Crippen LogP contribution in [-0.2, 0) is 34.0 Å². The molecule has 3 atom stereocenters. The number of hydrogen-bond donors (Lipinski definition) is 0. The number of carbonyl (C=O) groups is 2. The van der Waals surface area contributed by atoms with E-state index in [1.807, 2.05) is 31.2 Å². The molecule has 8 heteroatoms. The van der Waals surface area contributed by atoms with Crippen LogP contribution in [0, 0.1) is 11.8 Å². The molecule has 0 bridgehead atoms. The third kappa shape index (κ3) is 11.4. The van der Waals surface area contributed by atoms with Gasteiger partial charge in [0.1, 0.15) is 11.5 Å². The zero-order valence-electron chi connectivity index (χ0n) is 27.3. The summed E-state index contributed by atoms with van der Waals surface area (Å²) in [5.41, 5.74) is 2.14. The fraction of sp³-hybridized carbons (Fsp3) is 0.611. The lowest BCUT2D eigenvalue weighted by molar-refractivity contribution is -0.153. The van der Waals surface area contributed by atoms with Gasteiger partial charge in [-0.3, -0.25) is 9.59 Å². The molecule has 2 aromatic carbocycles. The monoisotopic (exact) mass is 612 g/mol. The second-order valence-electron chi connectivity index (χ2n) is 12.1. The van der Waals surface area contributed by atoms with Crippen LogP contribution in [-0.4, -0.2) is 64.8 Å². The quantitative estimate of drug-likeness (QED) is 0.125. The number of ether oxygens (including phenoxy) is 6. The van der Waals surface area contributed by atoms with E-state index >= 15 is 0 Å². The number of methoxy groups -OCH3 is 1. The Morgan fingerprint density at radius 2 is 1.41 bits per heavy atom. The lowest BCUT2D eigenvalue weighted by Crippen LogP contribution is -2.30. The van der Waals surface area contributed by atoms with Crippen molar-refractivity contribution < 1.29 is 38.0 Å². The van der Waals surface area contributed by atoms with Gasteiger partial charge in [0, 0.05) is 38.6 Å². The first-order valence-corrected chi connectivity index (χ1v) is 16.1. The van der Waals surface area contributed by atoms with Crippen molar-refractivity contribution in [1.82, 2.24) is 0 Å². The number of benzene rings is 2. The van der Waals surface area contributed by atoms with Gasteiger partial charge in [-0.15, -0.1) is 0 Å². The van der Waals surface area contributed by atoms with Gasteiger partial charge in [0.15, 0.2) is 0 Å². The molecule has 1 saturated heterocycles. The Morgan fingerprint density at radius 1 is 0.841 bits per heavy atom. The molecule has 44 heavy (non-hydrogen) atoms. The minimum absolute atomic E-state index is 0.0577. The van der Waals surface area contributed by atoms with Crippen molar-refractivity contribution in [3.63, 3.8) is 0 Å². The Balaban J connectivity index is 1.36. The third-order valence-electron chi connectivity index (χ3n) is 8.21. The molecule has 0 saturated carbocycles. The second-order valence-corrected chi connectivity index (χ2v) is 12.1. The maximum atomic E-state index is 12.3. The van der Waals surface area contributed by atoms with Crippen molar-refractivity contribution in [2.24, 2.45) is 11.8 Å². The molecule has 0 amide bonds. The summed E-state index contributed by atoms with van der Waals surface area (Å²) in [4.78, 5) is 24.6. The number of hydrogen-bond acceptors (Lipinski definition) is 8. The molecule has 2 aromatic rings. The lowest BCUT2D eigenvalue weighted by atomic mass is 9.78. The minimum Gasteiger partial charge on any atom is -0.493 e. The lowest BCUT2D eigenvalue weighted by Gasteiger charge is -2.26. The maximum Gasteiger partial charge on any atom is 0.309 e. The molecular formula is C36H52O8. The van der Waals surface area contributed by atoms with Gasteiger partial charge in [-0.05, 0) is 68.0 Å². The van der Waals surface area contributed by atoms with Gasteiger partial charge in [0.05, 0.1) is 44.4 Å². The summed E-state index contributed by atoms with van der Waals surface area (Å²) in [7, 11) is 1.65. The normalized spacial score (nSPS) is 17.5. The average Bonchev–Trinajstić information content (AvgIpc) is 3.03. The van der Waals surface area contributed by atoms with Crippen molar-refractivity contribution in [1.29, 1.82) is 0 Å². The SMILES string of the molecule is CCCC(CCOC)C(=O)OCCCOc1ccc(C(C)(C)c2ccc(OCCCOC(=O)C3CCOC(C)C3)cc2)cc1. The molecule has 3 rings (SSSR count). The zero-order valence-corrected chi connectivity index (χ0v) is 27.3. The van der Waals surface area contributed by atoms with E-state index in [4.69, 9.17) is 28.4 Å². The van der Waals surface area contributed by atoms with E-state index in [1.165, 1.54) is 11.1 Å². The van der Waals surface area contributed by atoms with Crippen LogP contribution in [0.2, 0.25) is 0 Å². The van der Waals surface area contributed by atoms with Gasteiger partial charge in [-0.1, -0.05) is 51.5 Å². The summed E-state index contributed by atoms with van der Waals surface area (Å²) in [6.45, 7) is 11.3. The first-order valence-electron chi connectivity index (χ1n) is 16.1. The fourth-order valence-corrected chi connectivity index (χ4v) is 5.38. The predicted molar refractivity (Wildman–Crippen MR) is 170 cm³/mol. The van der Waals surface area contributed by atoms with E-state index < -0.39 is 0 Å². The highest BCUT2D eigenvalue weighted by Gasteiger charge is 2.27. The maximum absolute atomic E-state index is 12.3. The van der Waals surface area contributed by atoms with Crippen LogP contribution in [0.3, 0.4) is 0 Å². The molecule has 0 spiro atoms. The number of esters is 2. The smallest absolute Gasteiger partial charge is 0.309 e. The summed E-state index contributed by atoms with van der Waals surface area (Å²) in [5, 5.41) is 0. The Hall–Kier alpha value is -3.10. The molecule has 0 aromatic heterocycles. The molecule has 1 fully saturated rings. The van der Waals surface area contributed by atoms with Crippen LogP contribution in [0.15, 0.2) is 48.5 Å². The summed E-state index contributed by atoms with van der Waals surface area (Å²) < 4.78 is 33.3. The Kier molecular flexibility index (Phi) is 15.0. The van der Waals surface area contributed by atoms with Crippen LogP contribution in [0.25, 0.3) is 0 Å². The molecular weight excluding hydrogens is 560 g/mol. The molecule has 244 valence electrons. The first-order chi connectivity index (χ1) is 21.2. The van der Waals surface area contributed by atoms with Crippen molar-refractivity contribution in [2.45, 2.75) is 84.2 Å². The van der Waals surface area contributed by atoms with Crippen LogP contribution in [0.1, 0.15) is 83.8 Å². The summed E-state index contributed by atoms with van der Waals surface area (Å²) >= 11 is 0. The molecule has 3 unspecified atom stereocenters. The second kappa shape index (κ2) is 18.6. The van der Waals surface area contributed by atoms with Gasteiger partial charge in [0.2, 0.25) is 0 Å². The van der Waals surface area contributed by atoms with Crippen LogP contribution < -0.4 is 9.47 Å². The summed E-state index contributed by atoms with van der Waals surface area (Å²) in [6.07, 6.45) is 5.30. The van der Waals surface area contributed by atoms with Crippen molar-refractivity contribution >= 4 is 11.9 Å². The third-order valence-corrected chi connectivity index (χ3v) is 8.21. The molecule has 0 radical (unpaired) electrons. The highest BCUT2D eigenvalue weighted by molar-refractivity contribution is 5.72. The van der Waals surface area contributed by atoms with Crippen LogP contribution >= 0.6 is 0 Å². The highest BCUT2D eigenvalue weighted by Crippen LogP contribution is 2.33. The molecule has 1 aliphatic heterocycles. The molecule has 1 heterocycles. The standard InChI is InChI=1S/C36H52O8/c1-6-9-28(18-24-39-5)34(37)43-22-7-20-41-32-14-10-30(11-15-32)36(3,4)31-12-16-33(17-13-31)42-21-8-23-44-35(38)29-19-25-40-27(2)26-29/h10-17,27-29H,6-9,18-26H2,1-5H3. The Morgan fingerprint density at radius 3 is 1.93 bits per heavy atom. The van der Waals surface area contributed by atoms with Crippen LogP contribution in [0.4, 0.5) is 0 Å². The van der Waals surface area contributed by atoms with E-state index in [9.17, 15) is 9.59 Å². The van der Waals surface area contributed by atoms with Gasteiger partial charge in [0.25, 0.3) is 0 Å². The van der Waals surface area contributed by atoms with E-state index in [1.54, 1.807) is 7.11 Å². The minimum atomic E-state index is -0.209. The van der Waals surface area contributed by atoms with E-state index in [2.05, 4.69) is 45.0 Å². The van der Waals surface area contributed by atoms with E-state index in [-0.39, 0.29) is 35.3 Å². The molecule has 1 aliphatic rings. The van der Waals surface area contributed by atoms with Gasteiger partial charge in [-0.2, -0.15) is 0 Å². The first kappa shape index (κ1) is 35.4. The number of rotatable bonds is 19. The van der Waals surface area contributed by atoms with E-state index in [0.29, 0.717) is 58.9 Å². The van der Waals surface area contributed by atoms with Gasteiger partial charge < -0.3 is 28.4 Å². The largest absolute Gasteiger partial charge is 0.493 e. The zero-order chi connectivity index (χ0) is 31.8. The highest BCUT2D eigenvalue weighted by atomic mass is 16.5. The predicted octanol–water partition coefficient (Wildman–Crippen LogP) is 6.90.